The molecule has 4 nitrogen and oxygen atoms in total. The largest absolute Gasteiger partial charge is 0.491 e. The molecule has 1 aliphatic heterocycles. The number of hydrogen-bond acceptors (Lipinski definition) is 3. The van der Waals surface area contributed by atoms with Crippen molar-refractivity contribution in [2.24, 2.45) is 0 Å². The molecule has 1 saturated heterocycles. The number of amides is 1. The first-order valence-corrected chi connectivity index (χ1v) is 6.63. The van der Waals surface area contributed by atoms with Crippen molar-refractivity contribution in [2.45, 2.75) is 12.8 Å². The highest BCUT2D eigenvalue weighted by Gasteiger charge is 2.15. The second-order valence-electron chi connectivity index (χ2n) is 4.51. The summed E-state index contributed by atoms with van der Waals surface area (Å²) in [6.45, 7) is 3.62. The summed E-state index contributed by atoms with van der Waals surface area (Å²) in [5, 5.41) is 3.20. The van der Waals surface area contributed by atoms with Gasteiger partial charge in [0.25, 0.3) is 0 Å². The third kappa shape index (κ3) is 4.21. The summed E-state index contributed by atoms with van der Waals surface area (Å²) in [5.74, 6) is 0.0340. The van der Waals surface area contributed by atoms with Crippen LogP contribution in [0.5, 0.6) is 5.75 Å². The Labute approximate surface area is 112 Å². The minimum Gasteiger partial charge on any atom is -0.491 e. The summed E-state index contributed by atoms with van der Waals surface area (Å²) in [7, 11) is 0. The summed E-state index contributed by atoms with van der Waals surface area (Å²) in [6.07, 6.45) is 1.06. The molecule has 1 aromatic rings. The van der Waals surface area contributed by atoms with E-state index < -0.39 is 0 Å². The van der Waals surface area contributed by atoms with Gasteiger partial charge in [0, 0.05) is 32.6 Å². The van der Waals surface area contributed by atoms with Gasteiger partial charge in [0.1, 0.15) is 0 Å². The number of carbonyl (C=O) groups excluding carboxylic acids is 1. The molecule has 2 rings (SSSR count). The minimum atomic E-state index is -0.365. The standard InChI is InChI=1S/C14H19FN2O2/c15-12-4-1-2-5-13(12)19-11-3-6-14(18)17-9-7-16-8-10-17/h1-2,4-5,16H,3,6-11H2. The lowest BCUT2D eigenvalue weighted by atomic mass is 10.2. The van der Waals surface area contributed by atoms with Crippen LogP contribution in [0.4, 0.5) is 4.39 Å². The van der Waals surface area contributed by atoms with Crippen LogP contribution in [-0.2, 0) is 4.79 Å². The molecule has 1 aliphatic rings. The van der Waals surface area contributed by atoms with Gasteiger partial charge in [0.05, 0.1) is 6.61 Å². The smallest absolute Gasteiger partial charge is 0.222 e. The fourth-order valence-corrected chi connectivity index (χ4v) is 2.04. The van der Waals surface area contributed by atoms with Crippen LogP contribution in [0.2, 0.25) is 0 Å². The van der Waals surface area contributed by atoms with E-state index >= 15 is 0 Å². The Balaban J connectivity index is 1.66. The van der Waals surface area contributed by atoms with E-state index in [0.29, 0.717) is 19.4 Å². The van der Waals surface area contributed by atoms with Gasteiger partial charge in [-0.3, -0.25) is 4.79 Å². The number of carbonyl (C=O) groups is 1. The molecule has 0 aromatic heterocycles. The first kappa shape index (κ1) is 13.8. The molecule has 1 amide bonds. The average Bonchev–Trinajstić information content (AvgIpc) is 2.46. The molecule has 1 N–H and O–H groups in total. The van der Waals surface area contributed by atoms with Crippen LogP contribution in [0.3, 0.4) is 0 Å². The predicted octanol–water partition coefficient (Wildman–Crippen LogP) is 1.42. The molecule has 0 saturated carbocycles. The topological polar surface area (TPSA) is 41.6 Å². The summed E-state index contributed by atoms with van der Waals surface area (Å²) >= 11 is 0. The average molecular weight is 266 g/mol. The number of piperazine rings is 1. The number of halogens is 1. The maximum Gasteiger partial charge on any atom is 0.222 e. The molecule has 0 radical (unpaired) electrons. The van der Waals surface area contributed by atoms with E-state index in [4.69, 9.17) is 4.74 Å². The molecular formula is C14H19FN2O2. The monoisotopic (exact) mass is 266 g/mol. The lowest BCUT2D eigenvalue weighted by Gasteiger charge is -2.27. The number of rotatable bonds is 5. The molecule has 1 fully saturated rings. The number of hydrogen-bond donors (Lipinski definition) is 1. The molecule has 0 bridgehead atoms. The molecule has 5 heteroatoms. The molecule has 1 aromatic carbocycles. The summed E-state index contributed by atoms with van der Waals surface area (Å²) in [5.41, 5.74) is 0. The Morgan fingerprint density at radius 3 is 2.79 bits per heavy atom. The number of benzene rings is 1. The van der Waals surface area contributed by atoms with Crippen molar-refractivity contribution in [3.05, 3.63) is 30.1 Å². The molecule has 1 heterocycles. The van der Waals surface area contributed by atoms with Gasteiger partial charge in [-0.15, -0.1) is 0 Å². The lowest BCUT2D eigenvalue weighted by Crippen LogP contribution is -2.46. The second kappa shape index (κ2) is 7.09. The van der Waals surface area contributed by atoms with Crippen molar-refractivity contribution in [1.82, 2.24) is 10.2 Å². The number of nitrogens with one attached hydrogen (secondary N) is 1. The molecular weight excluding hydrogens is 247 g/mol. The summed E-state index contributed by atoms with van der Waals surface area (Å²) in [4.78, 5) is 13.7. The zero-order valence-electron chi connectivity index (χ0n) is 10.9. The maximum atomic E-state index is 13.3. The van der Waals surface area contributed by atoms with Crippen molar-refractivity contribution < 1.29 is 13.9 Å². The Morgan fingerprint density at radius 2 is 2.05 bits per heavy atom. The van der Waals surface area contributed by atoms with Crippen LogP contribution in [0.25, 0.3) is 0 Å². The first-order chi connectivity index (χ1) is 9.27. The second-order valence-corrected chi connectivity index (χ2v) is 4.51. The van der Waals surface area contributed by atoms with Gasteiger partial charge in [0.15, 0.2) is 11.6 Å². The lowest BCUT2D eigenvalue weighted by molar-refractivity contribution is -0.132. The van der Waals surface area contributed by atoms with Gasteiger partial charge in [-0.1, -0.05) is 12.1 Å². The molecule has 104 valence electrons. The third-order valence-electron chi connectivity index (χ3n) is 3.10. The number of nitrogens with zero attached hydrogens (tertiary/aromatic N) is 1. The molecule has 0 atom stereocenters. The van der Waals surface area contributed by atoms with Crippen LogP contribution < -0.4 is 10.1 Å². The van der Waals surface area contributed by atoms with Crippen LogP contribution >= 0.6 is 0 Å². The van der Waals surface area contributed by atoms with Crippen LogP contribution in [0.15, 0.2) is 24.3 Å². The fourth-order valence-electron chi connectivity index (χ4n) is 2.04. The first-order valence-electron chi connectivity index (χ1n) is 6.63. The van der Waals surface area contributed by atoms with Crippen molar-refractivity contribution in [2.75, 3.05) is 32.8 Å². The SMILES string of the molecule is O=C(CCCOc1ccccc1F)N1CCNCC1. The fraction of sp³-hybridized carbons (Fsp3) is 0.500. The predicted molar refractivity (Wildman–Crippen MR) is 70.6 cm³/mol. The van der Waals surface area contributed by atoms with E-state index in [2.05, 4.69) is 5.32 Å². The number of ether oxygens (including phenoxy) is 1. The van der Waals surface area contributed by atoms with E-state index in [1.807, 2.05) is 4.90 Å². The highest BCUT2D eigenvalue weighted by Crippen LogP contribution is 2.15. The van der Waals surface area contributed by atoms with E-state index in [1.165, 1.54) is 6.07 Å². The molecule has 19 heavy (non-hydrogen) atoms. The minimum absolute atomic E-state index is 0.152. The van der Waals surface area contributed by atoms with Crippen molar-refractivity contribution in [3.63, 3.8) is 0 Å². The zero-order valence-corrected chi connectivity index (χ0v) is 10.9. The van der Waals surface area contributed by atoms with Crippen LogP contribution in [0.1, 0.15) is 12.8 Å². The molecule has 0 spiro atoms. The number of para-hydroxylation sites is 1. The van der Waals surface area contributed by atoms with Crippen molar-refractivity contribution in [3.8, 4) is 5.75 Å². The Bertz CT molecular complexity index is 420. The molecule has 0 unspecified atom stereocenters. The van der Waals surface area contributed by atoms with Gasteiger partial charge >= 0.3 is 0 Å². The van der Waals surface area contributed by atoms with Crippen molar-refractivity contribution >= 4 is 5.91 Å². The van der Waals surface area contributed by atoms with E-state index in [-0.39, 0.29) is 17.5 Å². The van der Waals surface area contributed by atoms with E-state index in [1.54, 1.807) is 18.2 Å². The normalized spacial score (nSPS) is 15.3. The van der Waals surface area contributed by atoms with Gasteiger partial charge in [-0.2, -0.15) is 0 Å². The Morgan fingerprint density at radius 1 is 1.32 bits per heavy atom. The van der Waals surface area contributed by atoms with Crippen LogP contribution in [-0.4, -0.2) is 43.6 Å². The highest BCUT2D eigenvalue weighted by molar-refractivity contribution is 5.76. The summed E-state index contributed by atoms with van der Waals surface area (Å²) in [6, 6.07) is 6.30. The van der Waals surface area contributed by atoms with E-state index in [0.717, 1.165) is 26.2 Å². The molecule has 0 aliphatic carbocycles. The Hall–Kier alpha value is -1.62. The third-order valence-corrected chi connectivity index (χ3v) is 3.10. The maximum absolute atomic E-state index is 13.3. The summed E-state index contributed by atoms with van der Waals surface area (Å²) < 4.78 is 18.6. The van der Waals surface area contributed by atoms with Crippen molar-refractivity contribution in [1.29, 1.82) is 0 Å². The van der Waals surface area contributed by atoms with Crippen LogP contribution in [0, 0.1) is 5.82 Å². The highest BCUT2D eigenvalue weighted by atomic mass is 19.1. The van der Waals surface area contributed by atoms with Gasteiger partial charge < -0.3 is 15.0 Å². The van der Waals surface area contributed by atoms with Gasteiger partial charge in [-0.25, -0.2) is 4.39 Å². The van der Waals surface area contributed by atoms with Gasteiger partial charge in [-0.05, 0) is 18.6 Å². The van der Waals surface area contributed by atoms with E-state index in [9.17, 15) is 9.18 Å². The quantitative estimate of drug-likeness (QED) is 0.819. The zero-order chi connectivity index (χ0) is 13.5. The Kier molecular flexibility index (Phi) is 5.15. The van der Waals surface area contributed by atoms with Gasteiger partial charge in [0.2, 0.25) is 5.91 Å².